The van der Waals surface area contributed by atoms with E-state index in [1.807, 2.05) is 20.8 Å². The van der Waals surface area contributed by atoms with Gasteiger partial charge in [-0.05, 0) is 18.8 Å². The van der Waals surface area contributed by atoms with Gasteiger partial charge in [0, 0.05) is 0 Å². The third kappa shape index (κ3) is 4.57. The molecule has 2 N–H and O–H groups in total. The minimum atomic E-state index is -3.83. The van der Waals surface area contributed by atoms with E-state index in [0.717, 1.165) is 0 Å². The van der Waals surface area contributed by atoms with Gasteiger partial charge in [0.05, 0.1) is 5.66 Å². The molecule has 0 heterocycles. The normalized spacial score (nSPS) is 15.5. The molecule has 0 spiro atoms. The van der Waals surface area contributed by atoms with Crippen molar-refractivity contribution >= 4 is 7.60 Å². The smallest absolute Gasteiger partial charge is 0.324 e. The summed E-state index contributed by atoms with van der Waals surface area (Å²) >= 11 is 0. The predicted octanol–water partition coefficient (Wildman–Crippen LogP) is 1.99. The molecule has 4 heteroatoms. The minimum Gasteiger partial charge on any atom is -0.324 e. The average molecular weight is 180 g/mol. The summed E-state index contributed by atoms with van der Waals surface area (Å²) in [5, 5.41) is 0. The van der Waals surface area contributed by atoms with Crippen molar-refractivity contribution in [1.82, 2.24) is 0 Å². The highest BCUT2D eigenvalue weighted by Crippen LogP contribution is 2.45. The molecule has 0 bridgehead atoms. The van der Waals surface area contributed by atoms with Gasteiger partial charge in [-0.1, -0.05) is 20.8 Å². The third-order valence-corrected chi connectivity index (χ3v) is 3.22. The van der Waals surface area contributed by atoms with Gasteiger partial charge in [-0.3, -0.25) is 4.57 Å². The van der Waals surface area contributed by atoms with Crippen molar-refractivity contribution in [2.24, 2.45) is 5.92 Å². The van der Waals surface area contributed by atoms with Gasteiger partial charge in [0.25, 0.3) is 0 Å². The molecule has 1 unspecified atom stereocenters. The van der Waals surface area contributed by atoms with Crippen molar-refractivity contribution in [3.8, 4) is 0 Å². The van der Waals surface area contributed by atoms with Gasteiger partial charge in [-0.2, -0.15) is 0 Å². The van der Waals surface area contributed by atoms with Gasteiger partial charge < -0.3 is 9.79 Å². The van der Waals surface area contributed by atoms with Crippen LogP contribution in [0.4, 0.5) is 0 Å². The van der Waals surface area contributed by atoms with Crippen LogP contribution < -0.4 is 0 Å². The molecule has 11 heavy (non-hydrogen) atoms. The average Bonchev–Trinajstić information content (AvgIpc) is 1.79. The first-order valence-electron chi connectivity index (χ1n) is 3.93. The Bertz CT molecular complexity index is 150. The molecule has 0 aliphatic heterocycles. The van der Waals surface area contributed by atoms with Gasteiger partial charge >= 0.3 is 7.60 Å². The molecule has 0 amide bonds. The van der Waals surface area contributed by atoms with Gasteiger partial charge in [-0.15, -0.1) is 0 Å². The lowest BCUT2D eigenvalue weighted by molar-refractivity contribution is 0.344. The molecule has 0 aromatic heterocycles. The zero-order valence-corrected chi connectivity index (χ0v) is 8.21. The van der Waals surface area contributed by atoms with Crippen LogP contribution in [0.1, 0.15) is 33.6 Å². The number of hydrogen-bond acceptors (Lipinski definition) is 1. The standard InChI is InChI=1S/C7H17O3P/c1-4-7(5-6(2)3)11(8,9)10/h6-7H,4-5H2,1-3H3,(H2,8,9,10). The maximum Gasteiger partial charge on any atom is 0.328 e. The van der Waals surface area contributed by atoms with Crippen LogP contribution >= 0.6 is 7.60 Å². The zero-order valence-electron chi connectivity index (χ0n) is 7.32. The lowest BCUT2D eigenvalue weighted by Gasteiger charge is -2.17. The van der Waals surface area contributed by atoms with E-state index < -0.39 is 13.3 Å². The molecule has 0 aliphatic carbocycles. The van der Waals surface area contributed by atoms with Crippen LogP contribution in [0.25, 0.3) is 0 Å². The molecule has 1 atom stereocenters. The number of rotatable bonds is 4. The van der Waals surface area contributed by atoms with E-state index in [2.05, 4.69) is 0 Å². The fraction of sp³-hybridized carbons (Fsp3) is 1.00. The molecule has 0 fully saturated rings. The largest absolute Gasteiger partial charge is 0.328 e. The van der Waals surface area contributed by atoms with E-state index in [1.165, 1.54) is 0 Å². The predicted molar refractivity (Wildman–Crippen MR) is 45.6 cm³/mol. The van der Waals surface area contributed by atoms with Gasteiger partial charge in [0.2, 0.25) is 0 Å². The summed E-state index contributed by atoms with van der Waals surface area (Å²) in [5.74, 6) is 0.354. The second kappa shape index (κ2) is 4.24. The Morgan fingerprint density at radius 2 is 1.82 bits per heavy atom. The van der Waals surface area contributed by atoms with Crippen LogP contribution in [0, 0.1) is 5.92 Å². The van der Waals surface area contributed by atoms with Crippen LogP contribution in [0.3, 0.4) is 0 Å². The zero-order chi connectivity index (χ0) is 9.07. The van der Waals surface area contributed by atoms with E-state index in [-0.39, 0.29) is 0 Å². The number of hydrogen-bond donors (Lipinski definition) is 2. The fourth-order valence-electron chi connectivity index (χ4n) is 1.09. The van der Waals surface area contributed by atoms with E-state index in [4.69, 9.17) is 9.79 Å². The van der Waals surface area contributed by atoms with Gasteiger partial charge in [0.1, 0.15) is 0 Å². The summed E-state index contributed by atoms with van der Waals surface area (Å²) in [6.45, 7) is 5.75. The molecular weight excluding hydrogens is 163 g/mol. The third-order valence-electron chi connectivity index (χ3n) is 1.69. The van der Waals surface area contributed by atoms with Crippen molar-refractivity contribution < 1.29 is 14.4 Å². The Balaban J connectivity index is 4.08. The monoisotopic (exact) mass is 180 g/mol. The first kappa shape index (κ1) is 11.2. The van der Waals surface area contributed by atoms with Gasteiger partial charge in [-0.25, -0.2) is 0 Å². The summed E-state index contributed by atoms with van der Waals surface area (Å²) < 4.78 is 10.8. The van der Waals surface area contributed by atoms with E-state index in [1.54, 1.807) is 0 Å². The molecule has 0 aromatic carbocycles. The SMILES string of the molecule is CCC(CC(C)C)P(=O)(O)O. The second-order valence-corrected chi connectivity index (χ2v) is 5.19. The summed E-state index contributed by atoms with van der Waals surface area (Å²) in [7, 11) is -3.83. The Morgan fingerprint density at radius 3 is 1.91 bits per heavy atom. The highest BCUT2D eigenvalue weighted by molar-refractivity contribution is 7.52. The Morgan fingerprint density at radius 1 is 1.36 bits per heavy atom. The quantitative estimate of drug-likeness (QED) is 0.650. The Labute approximate surface area is 68.0 Å². The van der Waals surface area contributed by atoms with Crippen LogP contribution in [-0.4, -0.2) is 15.4 Å². The summed E-state index contributed by atoms with van der Waals surface area (Å²) in [6.07, 6.45) is 1.17. The van der Waals surface area contributed by atoms with Crippen LogP contribution in [0.2, 0.25) is 0 Å². The minimum absolute atomic E-state index is 0.354. The first-order chi connectivity index (χ1) is 4.88. The van der Waals surface area contributed by atoms with Crippen molar-refractivity contribution in [3.05, 3.63) is 0 Å². The molecule has 68 valence electrons. The van der Waals surface area contributed by atoms with E-state index in [0.29, 0.717) is 18.8 Å². The van der Waals surface area contributed by atoms with Crippen molar-refractivity contribution in [2.75, 3.05) is 0 Å². The highest BCUT2D eigenvalue weighted by atomic mass is 31.2. The first-order valence-corrected chi connectivity index (χ1v) is 5.61. The van der Waals surface area contributed by atoms with Crippen molar-refractivity contribution in [2.45, 2.75) is 39.3 Å². The molecule has 0 radical (unpaired) electrons. The summed E-state index contributed by atoms with van der Waals surface area (Å²) in [4.78, 5) is 17.7. The maximum atomic E-state index is 10.8. The molecule has 0 aliphatic rings. The lowest BCUT2D eigenvalue weighted by Crippen LogP contribution is -2.10. The van der Waals surface area contributed by atoms with Crippen molar-refractivity contribution in [1.29, 1.82) is 0 Å². The van der Waals surface area contributed by atoms with Crippen LogP contribution in [0.15, 0.2) is 0 Å². The molecule has 0 aromatic rings. The lowest BCUT2D eigenvalue weighted by atomic mass is 10.1. The topological polar surface area (TPSA) is 57.5 Å². The van der Waals surface area contributed by atoms with Gasteiger partial charge in [0.15, 0.2) is 0 Å². The van der Waals surface area contributed by atoms with Crippen LogP contribution in [-0.2, 0) is 4.57 Å². The van der Waals surface area contributed by atoms with Crippen LogP contribution in [0.5, 0.6) is 0 Å². The summed E-state index contributed by atoms with van der Waals surface area (Å²) in [6, 6.07) is 0. The molecule has 3 nitrogen and oxygen atoms in total. The highest BCUT2D eigenvalue weighted by Gasteiger charge is 2.27. The Hall–Kier alpha value is 0.150. The molecular formula is C7H17O3P. The van der Waals surface area contributed by atoms with Crippen molar-refractivity contribution in [3.63, 3.8) is 0 Å². The Kier molecular flexibility index (Phi) is 4.30. The maximum absolute atomic E-state index is 10.8. The molecule has 0 saturated heterocycles. The second-order valence-electron chi connectivity index (χ2n) is 3.28. The summed E-state index contributed by atoms with van der Waals surface area (Å²) in [5.41, 5.74) is -0.442. The van der Waals surface area contributed by atoms with E-state index >= 15 is 0 Å². The molecule has 0 rings (SSSR count). The van der Waals surface area contributed by atoms with E-state index in [9.17, 15) is 4.57 Å². The fourth-order valence-corrected chi connectivity index (χ4v) is 2.26. The molecule has 0 saturated carbocycles.